The van der Waals surface area contributed by atoms with Gasteiger partial charge in [-0.1, -0.05) is 0 Å². The van der Waals surface area contributed by atoms with E-state index in [4.69, 9.17) is 4.74 Å². The van der Waals surface area contributed by atoms with Gasteiger partial charge in [-0.25, -0.2) is 12.7 Å². The molecule has 6 nitrogen and oxygen atoms in total. The maximum atomic E-state index is 12.6. The molecule has 0 amide bonds. The molecule has 0 radical (unpaired) electrons. The first-order valence-electron chi connectivity index (χ1n) is 6.42. The van der Waals surface area contributed by atoms with Crippen molar-refractivity contribution in [3.05, 3.63) is 23.3 Å². The van der Waals surface area contributed by atoms with Crippen LogP contribution in [0.2, 0.25) is 0 Å². The molecule has 0 heterocycles. The molecule has 0 unspecified atom stereocenters. The number of aryl methyl sites for hydroxylation is 2. The second-order valence-corrected chi connectivity index (χ2v) is 6.72. The summed E-state index contributed by atoms with van der Waals surface area (Å²) in [7, 11) is 0.592. The molecule has 1 aromatic carbocycles. The average molecular weight is 315 g/mol. The van der Waals surface area contributed by atoms with Crippen LogP contribution >= 0.6 is 0 Å². The summed E-state index contributed by atoms with van der Waals surface area (Å²) >= 11 is 0. The standard InChI is InChI=1S/C14H21NO5S/c1-10-8-12(19-4)9-11(2)14(10)21(17,18)15(3)7-6-13(16)20-5/h8-9H,6-7H2,1-5H3. The van der Waals surface area contributed by atoms with Crippen LogP contribution in [-0.2, 0) is 19.6 Å². The van der Waals surface area contributed by atoms with Gasteiger partial charge in [-0.2, -0.15) is 0 Å². The number of methoxy groups -OCH3 is 2. The zero-order valence-electron chi connectivity index (χ0n) is 13.0. The van der Waals surface area contributed by atoms with Crippen molar-refractivity contribution >= 4 is 16.0 Å². The van der Waals surface area contributed by atoms with Crippen LogP contribution in [-0.4, -0.2) is 46.5 Å². The van der Waals surface area contributed by atoms with Crippen LogP contribution < -0.4 is 4.74 Å². The Hall–Kier alpha value is -1.60. The molecule has 0 bridgehead atoms. The van der Waals surface area contributed by atoms with Gasteiger partial charge in [-0.15, -0.1) is 0 Å². The quantitative estimate of drug-likeness (QED) is 0.744. The Morgan fingerprint density at radius 3 is 2.14 bits per heavy atom. The number of benzene rings is 1. The summed E-state index contributed by atoms with van der Waals surface area (Å²) < 4.78 is 36.0. The lowest BCUT2D eigenvalue weighted by Gasteiger charge is -2.20. The van der Waals surface area contributed by atoms with Crippen molar-refractivity contribution in [1.29, 1.82) is 0 Å². The molecular formula is C14H21NO5S. The van der Waals surface area contributed by atoms with Crippen molar-refractivity contribution in [2.24, 2.45) is 0 Å². The van der Waals surface area contributed by atoms with Gasteiger partial charge in [-0.3, -0.25) is 4.79 Å². The zero-order chi connectivity index (χ0) is 16.2. The molecule has 0 fully saturated rings. The van der Waals surface area contributed by atoms with Crippen LogP contribution in [0.5, 0.6) is 5.75 Å². The summed E-state index contributed by atoms with van der Waals surface area (Å²) in [4.78, 5) is 11.4. The Morgan fingerprint density at radius 1 is 1.19 bits per heavy atom. The highest BCUT2D eigenvalue weighted by Crippen LogP contribution is 2.27. The summed E-state index contributed by atoms with van der Waals surface area (Å²) in [5.41, 5.74) is 1.22. The highest BCUT2D eigenvalue weighted by atomic mass is 32.2. The van der Waals surface area contributed by atoms with Crippen molar-refractivity contribution in [2.75, 3.05) is 27.8 Å². The Labute approximate surface area is 125 Å². The van der Waals surface area contributed by atoms with E-state index in [-0.39, 0.29) is 17.9 Å². The molecule has 0 aromatic heterocycles. The van der Waals surface area contributed by atoms with Crippen molar-refractivity contribution in [3.63, 3.8) is 0 Å². The third-order valence-electron chi connectivity index (χ3n) is 3.20. The number of nitrogens with zero attached hydrogens (tertiary/aromatic N) is 1. The summed E-state index contributed by atoms with van der Waals surface area (Å²) in [6.07, 6.45) is 0.0144. The largest absolute Gasteiger partial charge is 0.497 e. The third-order valence-corrected chi connectivity index (χ3v) is 5.36. The number of rotatable bonds is 6. The fourth-order valence-corrected chi connectivity index (χ4v) is 3.64. The van der Waals surface area contributed by atoms with Gasteiger partial charge >= 0.3 is 5.97 Å². The number of sulfonamides is 1. The van der Waals surface area contributed by atoms with E-state index in [0.29, 0.717) is 16.9 Å². The van der Waals surface area contributed by atoms with Crippen LogP contribution in [0.4, 0.5) is 0 Å². The van der Waals surface area contributed by atoms with E-state index < -0.39 is 16.0 Å². The molecule has 0 atom stereocenters. The topological polar surface area (TPSA) is 72.9 Å². The van der Waals surface area contributed by atoms with E-state index >= 15 is 0 Å². The van der Waals surface area contributed by atoms with Crippen LogP contribution in [0.15, 0.2) is 17.0 Å². The molecule has 1 aromatic rings. The molecule has 21 heavy (non-hydrogen) atoms. The normalized spacial score (nSPS) is 11.5. The number of ether oxygens (including phenoxy) is 2. The van der Waals surface area contributed by atoms with Gasteiger partial charge in [0.2, 0.25) is 10.0 Å². The number of hydrogen-bond donors (Lipinski definition) is 0. The summed E-state index contributed by atoms with van der Waals surface area (Å²) in [6.45, 7) is 3.51. The molecule has 1 rings (SSSR count). The molecule has 0 aliphatic rings. The lowest BCUT2D eigenvalue weighted by molar-refractivity contribution is -0.140. The highest BCUT2D eigenvalue weighted by Gasteiger charge is 2.25. The first-order valence-corrected chi connectivity index (χ1v) is 7.86. The molecule has 0 saturated carbocycles. The first kappa shape index (κ1) is 17.5. The van der Waals surface area contributed by atoms with Crippen LogP contribution in [0.1, 0.15) is 17.5 Å². The Balaban J connectivity index is 3.10. The van der Waals surface area contributed by atoms with E-state index in [1.807, 2.05) is 0 Å². The molecule has 0 saturated heterocycles. The smallest absolute Gasteiger partial charge is 0.306 e. The molecule has 0 aliphatic carbocycles. The van der Waals surface area contributed by atoms with Gasteiger partial charge in [0.15, 0.2) is 0 Å². The minimum absolute atomic E-state index is 0.0144. The van der Waals surface area contributed by atoms with Gasteiger partial charge < -0.3 is 9.47 Å². The van der Waals surface area contributed by atoms with Gasteiger partial charge in [0.25, 0.3) is 0 Å². The summed E-state index contributed by atoms with van der Waals surface area (Å²) in [5.74, 6) is 0.168. The first-order chi connectivity index (χ1) is 9.73. The van der Waals surface area contributed by atoms with E-state index in [1.54, 1.807) is 26.0 Å². The predicted octanol–water partition coefficient (Wildman–Crippen LogP) is 1.50. The Morgan fingerprint density at radius 2 is 1.71 bits per heavy atom. The third kappa shape index (κ3) is 3.95. The van der Waals surface area contributed by atoms with E-state index in [1.165, 1.54) is 21.3 Å². The van der Waals surface area contributed by atoms with Crippen molar-refractivity contribution in [1.82, 2.24) is 4.31 Å². The van der Waals surface area contributed by atoms with E-state index in [2.05, 4.69) is 4.74 Å². The maximum Gasteiger partial charge on any atom is 0.306 e. The second-order valence-electron chi connectivity index (χ2n) is 4.74. The van der Waals surface area contributed by atoms with Crippen molar-refractivity contribution in [2.45, 2.75) is 25.2 Å². The van der Waals surface area contributed by atoms with Gasteiger partial charge in [-0.05, 0) is 37.1 Å². The van der Waals surface area contributed by atoms with Crippen LogP contribution in [0.25, 0.3) is 0 Å². The zero-order valence-corrected chi connectivity index (χ0v) is 13.8. The Kier molecular flexibility index (Phi) is 5.74. The van der Waals surface area contributed by atoms with Gasteiger partial charge in [0.1, 0.15) is 5.75 Å². The second kappa shape index (κ2) is 6.91. The molecule has 0 spiro atoms. The molecular weight excluding hydrogens is 294 g/mol. The summed E-state index contributed by atoms with van der Waals surface area (Å²) in [5, 5.41) is 0. The molecule has 118 valence electrons. The monoisotopic (exact) mass is 315 g/mol. The lowest BCUT2D eigenvalue weighted by Crippen LogP contribution is -2.30. The molecule has 0 N–H and O–H groups in total. The van der Waals surface area contributed by atoms with Gasteiger partial charge in [0.05, 0.1) is 25.5 Å². The number of esters is 1. The van der Waals surface area contributed by atoms with E-state index in [0.717, 1.165) is 4.31 Å². The minimum atomic E-state index is -3.66. The number of carbonyl (C=O) groups excluding carboxylic acids is 1. The van der Waals surface area contributed by atoms with Crippen LogP contribution in [0.3, 0.4) is 0 Å². The van der Waals surface area contributed by atoms with E-state index in [9.17, 15) is 13.2 Å². The number of carbonyl (C=O) groups is 1. The maximum absolute atomic E-state index is 12.6. The number of hydrogen-bond acceptors (Lipinski definition) is 5. The lowest BCUT2D eigenvalue weighted by atomic mass is 10.1. The average Bonchev–Trinajstić information content (AvgIpc) is 2.42. The SMILES string of the molecule is COC(=O)CCN(C)S(=O)(=O)c1c(C)cc(OC)cc1C. The Bertz CT molecular complexity index is 601. The summed E-state index contributed by atoms with van der Waals surface area (Å²) in [6, 6.07) is 3.35. The fraction of sp³-hybridized carbons (Fsp3) is 0.500. The molecule has 7 heteroatoms. The fourth-order valence-electron chi connectivity index (χ4n) is 2.06. The van der Waals surface area contributed by atoms with Crippen LogP contribution in [0, 0.1) is 13.8 Å². The minimum Gasteiger partial charge on any atom is -0.497 e. The molecule has 0 aliphatic heterocycles. The van der Waals surface area contributed by atoms with Crippen molar-refractivity contribution < 1.29 is 22.7 Å². The predicted molar refractivity (Wildman–Crippen MR) is 78.9 cm³/mol. The van der Waals surface area contributed by atoms with Gasteiger partial charge in [0, 0.05) is 13.6 Å². The highest BCUT2D eigenvalue weighted by molar-refractivity contribution is 7.89. The van der Waals surface area contributed by atoms with Crippen molar-refractivity contribution in [3.8, 4) is 5.75 Å².